The summed E-state index contributed by atoms with van der Waals surface area (Å²) < 4.78 is 11.1. The molecule has 0 amide bonds. The maximum absolute atomic E-state index is 9.79. The van der Waals surface area contributed by atoms with Crippen LogP contribution in [0.15, 0.2) is 12.1 Å². The highest BCUT2D eigenvalue weighted by Gasteiger charge is 2.18. The van der Waals surface area contributed by atoms with Gasteiger partial charge in [0.15, 0.2) is 11.5 Å². The zero-order valence-electron chi connectivity index (χ0n) is 12.6. The third kappa shape index (κ3) is 5.57. The van der Waals surface area contributed by atoms with Gasteiger partial charge < -0.3 is 19.9 Å². The van der Waals surface area contributed by atoms with Crippen molar-refractivity contribution in [3.8, 4) is 11.5 Å². The second kappa shape index (κ2) is 7.72. The SMILES string of the molecule is CCCNCc1cc(Cl)cc(OC)c1OCC(C)(C)O. The average molecular weight is 302 g/mol. The van der Waals surface area contributed by atoms with Crippen molar-refractivity contribution in [2.45, 2.75) is 39.3 Å². The third-order valence-electron chi connectivity index (χ3n) is 2.63. The van der Waals surface area contributed by atoms with Crippen LogP contribution in [-0.4, -0.2) is 31.0 Å². The van der Waals surface area contributed by atoms with Gasteiger partial charge in [-0.15, -0.1) is 0 Å². The van der Waals surface area contributed by atoms with E-state index in [0.29, 0.717) is 23.1 Å². The molecule has 2 N–H and O–H groups in total. The lowest BCUT2D eigenvalue weighted by Gasteiger charge is -2.21. The first-order chi connectivity index (χ1) is 9.37. The fourth-order valence-electron chi connectivity index (χ4n) is 1.72. The minimum Gasteiger partial charge on any atom is -0.493 e. The molecule has 0 aliphatic carbocycles. The van der Waals surface area contributed by atoms with E-state index in [4.69, 9.17) is 21.1 Å². The molecule has 0 unspecified atom stereocenters. The van der Waals surface area contributed by atoms with Crippen LogP contribution >= 0.6 is 11.6 Å². The molecule has 0 heterocycles. The van der Waals surface area contributed by atoms with Crippen molar-refractivity contribution in [2.24, 2.45) is 0 Å². The van der Waals surface area contributed by atoms with Crippen LogP contribution in [0.4, 0.5) is 0 Å². The van der Waals surface area contributed by atoms with Crippen LogP contribution in [0.1, 0.15) is 32.8 Å². The van der Waals surface area contributed by atoms with E-state index in [-0.39, 0.29) is 6.61 Å². The fourth-order valence-corrected chi connectivity index (χ4v) is 1.95. The molecule has 1 rings (SSSR count). The van der Waals surface area contributed by atoms with Crippen molar-refractivity contribution in [3.63, 3.8) is 0 Å². The zero-order chi connectivity index (χ0) is 15.2. The molecular weight excluding hydrogens is 278 g/mol. The molecule has 1 aromatic rings. The molecule has 0 bridgehead atoms. The maximum atomic E-state index is 9.79. The third-order valence-corrected chi connectivity index (χ3v) is 2.85. The lowest BCUT2D eigenvalue weighted by molar-refractivity contribution is 0.0272. The minimum atomic E-state index is -0.904. The van der Waals surface area contributed by atoms with Crippen molar-refractivity contribution in [2.75, 3.05) is 20.3 Å². The fraction of sp³-hybridized carbons (Fsp3) is 0.600. The van der Waals surface area contributed by atoms with Crippen LogP contribution in [0.5, 0.6) is 11.5 Å². The second-order valence-corrected chi connectivity index (χ2v) is 5.81. The Kier molecular flexibility index (Phi) is 6.59. The van der Waals surface area contributed by atoms with Gasteiger partial charge in [-0.1, -0.05) is 18.5 Å². The van der Waals surface area contributed by atoms with Crippen molar-refractivity contribution in [1.82, 2.24) is 5.32 Å². The van der Waals surface area contributed by atoms with E-state index in [9.17, 15) is 5.11 Å². The molecule has 0 atom stereocenters. The van der Waals surface area contributed by atoms with Gasteiger partial charge in [0, 0.05) is 23.2 Å². The number of nitrogens with one attached hydrogen (secondary N) is 1. The van der Waals surface area contributed by atoms with Crippen molar-refractivity contribution >= 4 is 11.6 Å². The Labute approximate surface area is 126 Å². The van der Waals surface area contributed by atoms with E-state index >= 15 is 0 Å². The van der Waals surface area contributed by atoms with E-state index in [1.807, 2.05) is 6.07 Å². The Bertz CT molecular complexity index is 430. The number of methoxy groups -OCH3 is 1. The number of benzene rings is 1. The smallest absolute Gasteiger partial charge is 0.165 e. The Morgan fingerprint density at radius 2 is 2.05 bits per heavy atom. The molecule has 0 saturated carbocycles. The van der Waals surface area contributed by atoms with Crippen molar-refractivity contribution in [1.29, 1.82) is 0 Å². The summed E-state index contributed by atoms with van der Waals surface area (Å²) >= 11 is 6.09. The first-order valence-corrected chi connectivity index (χ1v) is 7.17. The number of halogens is 1. The Morgan fingerprint density at radius 1 is 1.35 bits per heavy atom. The lowest BCUT2D eigenvalue weighted by atomic mass is 10.1. The van der Waals surface area contributed by atoms with Crippen molar-refractivity contribution < 1.29 is 14.6 Å². The maximum Gasteiger partial charge on any atom is 0.165 e. The summed E-state index contributed by atoms with van der Waals surface area (Å²) in [5, 5.41) is 13.7. The molecule has 20 heavy (non-hydrogen) atoms. The first-order valence-electron chi connectivity index (χ1n) is 6.79. The summed E-state index contributed by atoms with van der Waals surface area (Å²) in [5.74, 6) is 1.21. The summed E-state index contributed by atoms with van der Waals surface area (Å²) in [6, 6.07) is 3.57. The largest absolute Gasteiger partial charge is 0.493 e. The first kappa shape index (κ1) is 17.1. The molecule has 0 aliphatic rings. The van der Waals surface area contributed by atoms with E-state index in [1.165, 1.54) is 0 Å². The number of rotatable bonds is 8. The lowest BCUT2D eigenvalue weighted by Crippen LogP contribution is -2.28. The van der Waals surface area contributed by atoms with E-state index in [2.05, 4.69) is 12.2 Å². The predicted molar refractivity (Wildman–Crippen MR) is 81.8 cm³/mol. The van der Waals surface area contributed by atoms with Crippen molar-refractivity contribution in [3.05, 3.63) is 22.7 Å². The molecule has 0 radical (unpaired) electrons. The van der Waals surface area contributed by atoms with Crippen LogP contribution in [0.25, 0.3) is 0 Å². The van der Waals surface area contributed by atoms with Gasteiger partial charge in [-0.2, -0.15) is 0 Å². The highest BCUT2D eigenvalue weighted by molar-refractivity contribution is 6.30. The number of hydrogen-bond donors (Lipinski definition) is 2. The van der Waals surface area contributed by atoms with Gasteiger partial charge in [0.25, 0.3) is 0 Å². The number of aliphatic hydroxyl groups is 1. The highest BCUT2D eigenvalue weighted by Crippen LogP contribution is 2.35. The molecule has 0 fully saturated rings. The quantitative estimate of drug-likeness (QED) is 0.725. The summed E-state index contributed by atoms with van der Waals surface area (Å²) in [4.78, 5) is 0. The Morgan fingerprint density at radius 3 is 2.60 bits per heavy atom. The molecule has 0 saturated heterocycles. The van der Waals surface area contributed by atoms with Crippen LogP contribution in [0.3, 0.4) is 0 Å². The molecule has 0 aliphatic heterocycles. The van der Waals surface area contributed by atoms with Gasteiger partial charge in [-0.25, -0.2) is 0 Å². The molecular formula is C15H24ClNO3. The zero-order valence-corrected chi connectivity index (χ0v) is 13.4. The van der Waals surface area contributed by atoms with Crippen LogP contribution in [0, 0.1) is 0 Å². The summed E-state index contributed by atoms with van der Waals surface area (Å²) in [5.41, 5.74) is 0.0192. The summed E-state index contributed by atoms with van der Waals surface area (Å²) in [6.45, 7) is 7.25. The van der Waals surface area contributed by atoms with E-state index in [0.717, 1.165) is 18.5 Å². The predicted octanol–water partition coefficient (Wildman–Crippen LogP) is 3.00. The Balaban J connectivity index is 2.96. The summed E-state index contributed by atoms with van der Waals surface area (Å²) in [7, 11) is 1.58. The van der Waals surface area contributed by atoms with E-state index in [1.54, 1.807) is 27.0 Å². The topological polar surface area (TPSA) is 50.7 Å². The standard InChI is InChI=1S/C15H24ClNO3/c1-5-6-17-9-11-7-12(16)8-13(19-4)14(11)20-10-15(2,3)18/h7-8,17-18H,5-6,9-10H2,1-4H3. The summed E-state index contributed by atoms with van der Waals surface area (Å²) in [6.07, 6.45) is 1.05. The second-order valence-electron chi connectivity index (χ2n) is 5.37. The molecule has 0 aromatic heterocycles. The van der Waals surface area contributed by atoms with Gasteiger partial charge in [-0.3, -0.25) is 0 Å². The molecule has 5 heteroatoms. The number of hydrogen-bond acceptors (Lipinski definition) is 4. The highest BCUT2D eigenvalue weighted by atomic mass is 35.5. The monoisotopic (exact) mass is 301 g/mol. The van der Waals surface area contributed by atoms with Crippen LogP contribution in [0.2, 0.25) is 5.02 Å². The normalized spacial score (nSPS) is 11.5. The average Bonchev–Trinajstić information content (AvgIpc) is 2.36. The molecule has 0 spiro atoms. The molecule has 114 valence electrons. The van der Waals surface area contributed by atoms with Gasteiger partial charge in [0.1, 0.15) is 6.61 Å². The minimum absolute atomic E-state index is 0.186. The van der Waals surface area contributed by atoms with E-state index < -0.39 is 5.60 Å². The number of ether oxygens (including phenoxy) is 2. The van der Waals surface area contributed by atoms with Gasteiger partial charge in [0.05, 0.1) is 12.7 Å². The van der Waals surface area contributed by atoms with Gasteiger partial charge in [0.2, 0.25) is 0 Å². The van der Waals surface area contributed by atoms with Crippen LogP contribution < -0.4 is 14.8 Å². The molecule has 4 nitrogen and oxygen atoms in total. The Hall–Kier alpha value is -0.970. The molecule has 1 aromatic carbocycles. The van der Waals surface area contributed by atoms with Crippen LogP contribution in [-0.2, 0) is 6.54 Å². The van der Waals surface area contributed by atoms with Gasteiger partial charge >= 0.3 is 0 Å². The van der Waals surface area contributed by atoms with Gasteiger partial charge in [-0.05, 0) is 32.9 Å².